The van der Waals surface area contributed by atoms with Gasteiger partial charge in [-0.3, -0.25) is 0 Å². The topological polar surface area (TPSA) is 89.8 Å². The molecule has 26 heavy (non-hydrogen) atoms. The fourth-order valence-electron chi connectivity index (χ4n) is 2.51. The molecule has 1 aromatic heterocycles. The van der Waals surface area contributed by atoms with Gasteiger partial charge < -0.3 is 10.6 Å². The molecular formula is C19H19N5OS. The summed E-state index contributed by atoms with van der Waals surface area (Å²) in [5.41, 5.74) is 3.85. The lowest BCUT2D eigenvalue weighted by atomic mass is 10.1. The molecule has 0 spiro atoms. The molecule has 3 rings (SSSR count). The minimum absolute atomic E-state index is 0.239. The number of rotatable bonds is 6. The molecule has 0 fully saturated rings. The summed E-state index contributed by atoms with van der Waals surface area (Å²) in [6.07, 6.45) is 0. The first-order chi connectivity index (χ1) is 12.6. The van der Waals surface area contributed by atoms with Gasteiger partial charge in [0.2, 0.25) is 5.16 Å². The number of nitrogens with two attached hydrogens (primary N) is 1. The van der Waals surface area contributed by atoms with Crippen molar-refractivity contribution in [3.63, 3.8) is 0 Å². The van der Waals surface area contributed by atoms with E-state index in [1.807, 2.05) is 44.2 Å². The van der Waals surface area contributed by atoms with E-state index >= 15 is 0 Å². The molecule has 2 N–H and O–H groups in total. The van der Waals surface area contributed by atoms with Gasteiger partial charge in [0.15, 0.2) is 5.82 Å². The second kappa shape index (κ2) is 7.93. The Bertz CT molecular complexity index is 961. The molecule has 0 saturated heterocycles. The highest BCUT2D eigenvalue weighted by atomic mass is 32.2. The number of hydrogen-bond donors (Lipinski definition) is 1. The molecule has 3 aromatic rings. The molecule has 0 bridgehead atoms. The number of benzene rings is 2. The van der Waals surface area contributed by atoms with Gasteiger partial charge >= 0.3 is 0 Å². The summed E-state index contributed by atoms with van der Waals surface area (Å²) in [5, 5.41) is 18.0. The summed E-state index contributed by atoms with van der Waals surface area (Å²) >= 11 is 1.43. The Balaban J connectivity index is 1.65. The zero-order chi connectivity index (χ0) is 18.5. The van der Waals surface area contributed by atoms with E-state index in [9.17, 15) is 0 Å². The van der Waals surface area contributed by atoms with E-state index in [0.717, 1.165) is 16.9 Å². The smallest absolute Gasteiger partial charge is 0.210 e. The predicted molar refractivity (Wildman–Crippen MR) is 101 cm³/mol. The summed E-state index contributed by atoms with van der Waals surface area (Å²) in [4.78, 5) is 0. The molecule has 0 saturated carbocycles. The number of hydrogen-bond acceptors (Lipinski definition) is 6. The Morgan fingerprint density at radius 1 is 1.19 bits per heavy atom. The first-order valence-corrected chi connectivity index (χ1v) is 9.07. The van der Waals surface area contributed by atoms with Crippen molar-refractivity contribution in [1.82, 2.24) is 14.9 Å². The molecule has 6 nitrogen and oxygen atoms in total. The fraction of sp³-hybridized carbons (Fsp3) is 0.211. The maximum absolute atomic E-state index is 9.16. The van der Waals surface area contributed by atoms with Crippen LogP contribution in [-0.2, 0) is 12.4 Å². The van der Waals surface area contributed by atoms with Crippen LogP contribution >= 0.6 is 11.8 Å². The molecule has 0 atom stereocenters. The summed E-state index contributed by atoms with van der Waals surface area (Å²) in [5.74, 6) is 8.03. The normalized spacial score (nSPS) is 10.5. The lowest BCUT2D eigenvalue weighted by molar-refractivity contribution is 0.289. The number of nitriles is 1. The number of aromatic nitrogens is 3. The van der Waals surface area contributed by atoms with E-state index in [2.05, 4.69) is 22.3 Å². The van der Waals surface area contributed by atoms with Crippen LogP contribution in [0.4, 0.5) is 0 Å². The van der Waals surface area contributed by atoms with Gasteiger partial charge in [0.05, 0.1) is 11.6 Å². The number of nitrogen functional groups attached to an aromatic ring is 1. The lowest BCUT2D eigenvalue weighted by Crippen LogP contribution is -2.16. The molecule has 0 aliphatic carbocycles. The van der Waals surface area contributed by atoms with E-state index in [4.69, 9.17) is 15.8 Å². The highest BCUT2D eigenvalue weighted by Gasteiger charge is 2.12. The van der Waals surface area contributed by atoms with Crippen LogP contribution in [0, 0.1) is 25.2 Å². The van der Waals surface area contributed by atoms with Crippen LogP contribution in [0.5, 0.6) is 5.75 Å². The molecule has 1 heterocycles. The van der Waals surface area contributed by atoms with Crippen molar-refractivity contribution in [2.45, 2.75) is 31.4 Å². The molecule has 0 amide bonds. The Morgan fingerprint density at radius 2 is 2.00 bits per heavy atom. The van der Waals surface area contributed by atoms with E-state index in [1.54, 1.807) is 6.07 Å². The Morgan fingerprint density at radius 3 is 2.77 bits per heavy atom. The number of thioether (sulfide) groups is 1. The lowest BCUT2D eigenvalue weighted by Gasteiger charge is -2.09. The summed E-state index contributed by atoms with van der Waals surface area (Å²) in [6.45, 7) is 4.29. The van der Waals surface area contributed by atoms with Crippen LogP contribution in [0.3, 0.4) is 0 Å². The van der Waals surface area contributed by atoms with Crippen molar-refractivity contribution >= 4 is 11.8 Å². The average Bonchev–Trinajstić information content (AvgIpc) is 2.99. The first kappa shape index (κ1) is 17.8. The average molecular weight is 365 g/mol. The molecule has 0 aliphatic heterocycles. The van der Waals surface area contributed by atoms with Crippen LogP contribution in [0.2, 0.25) is 0 Å². The van der Waals surface area contributed by atoms with Gasteiger partial charge in [-0.2, -0.15) is 5.26 Å². The zero-order valence-electron chi connectivity index (χ0n) is 14.6. The third-order valence-electron chi connectivity index (χ3n) is 3.92. The number of nitrogens with zero attached hydrogens (tertiary/aromatic N) is 4. The summed E-state index contributed by atoms with van der Waals surface area (Å²) < 4.78 is 7.25. The third-order valence-corrected chi connectivity index (χ3v) is 4.91. The largest absolute Gasteiger partial charge is 0.485 e. The quantitative estimate of drug-likeness (QED) is 0.532. The van der Waals surface area contributed by atoms with Crippen molar-refractivity contribution in [3.05, 3.63) is 70.5 Å². The zero-order valence-corrected chi connectivity index (χ0v) is 15.5. The van der Waals surface area contributed by atoms with E-state index in [-0.39, 0.29) is 6.61 Å². The van der Waals surface area contributed by atoms with Crippen LogP contribution < -0.4 is 10.6 Å². The molecule has 0 unspecified atom stereocenters. The SMILES string of the molecule is Cc1ccc(OCc2nnc(SCc3ccccc3C#N)n2N)c(C)c1. The van der Waals surface area contributed by atoms with Crippen molar-refractivity contribution < 1.29 is 4.74 Å². The van der Waals surface area contributed by atoms with Gasteiger partial charge in [-0.1, -0.05) is 47.7 Å². The molecule has 0 radical (unpaired) electrons. The maximum atomic E-state index is 9.16. The highest BCUT2D eigenvalue weighted by molar-refractivity contribution is 7.98. The monoisotopic (exact) mass is 365 g/mol. The Kier molecular flexibility index (Phi) is 5.44. The van der Waals surface area contributed by atoms with Crippen LogP contribution in [0.1, 0.15) is 28.1 Å². The second-order valence-electron chi connectivity index (χ2n) is 5.88. The highest BCUT2D eigenvalue weighted by Crippen LogP contribution is 2.23. The molecular weight excluding hydrogens is 346 g/mol. The number of ether oxygens (including phenoxy) is 1. The van der Waals surface area contributed by atoms with Gasteiger partial charge in [-0.15, -0.1) is 10.2 Å². The predicted octanol–water partition coefficient (Wildman–Crippen LogP) is 3.35. The summed E-state index contributed by atoms with van der Waals surface area (Å²) in [6, 6.07) is 15.7. The van der Waals surface area contributed by atoms with Gasteiger partial charge in [-0.25, -0.2) is 4.68 Å². The van der Waals surface area contributed by atoms with Crippen molar-refractivity contribution in [3.8, 4) is 11.8 Å². The van der Waals surface area contributed by atoms with Crippen LogP contribution in [0.25, 0.3) is 0 Å². The van der Waals surface area contributed by atoms with Crippen LogP contribution in [0.15, 0.2) is 47.6 Å². The Hall–Kier alpha value is -2.98. The van der Waals surface area contributed by atoms with Gasteiger partial charge in [0, 0.05) is 5.75 Å². The number of aryl methyl sites for hydroxylation is 2. The third kappa shape index (κ3) is 3.98. The van der Waals surface area contributed by atoms with E-state index < -0.39 is 0 Å². The minimum atomic E-state index is 0.239. The van der Waals surface area contributed by atoms with Crippen molar-refractivity contribution in [2.75, 3.05) is 5.84 Å². The van der Waals surface area contributed by atoms with Gasteiger partial charge in [0.25, 0.3) is 0 Å². The van der Waals surface area contributed by atoms with E-state index in [1.165, 1.54) is 22.0 Å². The van der Waals surface area contributed by atoms with Gasteiger partial charge in [-0.05, 0) is 37.1 Å². The van der Waals surface area contributed by atoms with Crippen molar-refractivity contribution in [2.24, 2.45) is 0 Å². The minimum Gasteiger partial charge on any atom is -0.485 e. The first-order valence-electron chi connectivity index (χ1n) is 8.08. The van der Waals surface area contributed by atoms with Crippen molar-refractivity contribution in [1.29, 1.82) is 5.26 Å². The molecule has 132 valence electrons. The standard InChI is InChI=1S/C19H19N5OS/c1-13-7-8-17(14(2)9-13)25-11-18-22-23-19(24(18)21)26-12-16-6-4-3-5-15(16)10-20/h3-9H,11-12,21H2,1-2H3. The van der Waals surface area contributed by atoms with Gasteiger partial charge in [0.1, 0.15) is 12.4 Å². The maximum Gasteiger partial charge on any atom is 0.210 e. The Labute approximate surface area is 156 Å². The summed E-state index contributed by atoms with van der Waals surface area (Å²) in [7, 11) is 0. The molecule has 7 heteroatoms. The fourth-order valence-corrected chi connectivity index (χ4v) is 3.38. The van der Waals surface area contributed by atoms with Crippen LogP contribution in [-0.4, -0.2) is 14.9 Å². The molecule has 2 aromatic carbocycles. The second-order valence-corrected chi connectivity index (χ2v) is 6.83. The van der Waals surface area contributed by atoms with E-state index in [0.29, 0.717) is 22.3 Å². The molecule has 0 aliphatic rings.